The molecule has 0 saturated carbocycles. The number of aryl methyl sites for hydroxylation is 1. The highest BCUT2D eigenvalue weighted by Gasteiger charge is 2.01. The Balaban J connectivity index is 2.28. The largest absolute Gasteiger partial charge is 0.398 e. The predicted molar refractivity (Wildman–Crippen MR) is 74.7 cm³/mol. The van der Waals surface area contributed by atoms with Gasteiger partial charge in [-0.15, -0.1) is 0 Å². The molecule has 0 heterocycles. The van der Waals surface area contributed by atoms with Crippen molar-refractivity contribution in [1.82, 2.24) is 0 Å². The topological polar surface area (TPSA) is 38.0 Å². The van der Waals surface area contributed by atoms with E-state index in [-0.39, 0.29) is 0 Å². The normalized spacial score (nSPS) is 10.2. The van der Waals surface area contributed by atoms with Gasteiger partial charge in [0.15, 0.2) is 0 Å². The van der Waals surface area contributed by atoms with E-state index in [4.69, 9.17) is 5.73 Å². The molecule has 0 fully saturated rings. The van der Waals surface area contributed by atoms with E-state index < -0.39 is 0 Å². The highest BCUT2D eigenvalue weighted by molar-refractivity contribution is 5.69. The van der Waals surface area contributed by atoms with Gasteiger partial charge in [0.1, 0.15) is 0 Å². The van der Waals surface area contributed by atoms with E-state index in [0.717, 1.165) is 29.0 Å². The van der Waals surface area contributed by atoms with Crippen LogP contribution in [0.15, 0.2) is 42.5 Å². The lowest BCUT2D eigenvalue weighted by Crippen LogP contribution is -1.97. The van der Waals surface area contributed by atoms with Crippen LogP contribution in [0.25, 0.3) is 0 Å². The third kappa shape index (κ3) is 2.59. The lowest BCUT2D eigenvalue weighted by Gasteiger charge is -2.12. The second-order valence-electron chi connectivity index (χ2n) is 4.20. The minimum atomic E-state index is 0.821. The van der Waals surface area contributed by atoms with Crippen LogP contribution in [0.4, 0.5) is 17.1 Å². The fourth-order valence-corrected chi connectivity index (χ4v) is 1.81. The SMILES string of the molecule is CCc1cccc(Nc2cccc(N)c2C)c1. The molecule has 88 valence electrons. The number of rotatable bonds is 3. The summed E-state index contributed by atoms with van der Waals surface area (Å²) in [5, 5.41) is 3.41. The van der Waals surface area contributed by atoms with Gasteiger partial charge >= 0.3 is 0 Å². The van der Waals surface area contributed by atoms with Gasteiger partial charge in [-0.1, -0.05) is 25.1 Å². The highest BCUT2D eigenvalue weighted by atomic mass is 14.9. The molecule has 0 aromatic heterocycles. The molecular formula is C15H18N2. The molecule has 0 aliphatic carbocycles. The zero-order valence-corrected chi connectivity index (χ0v) is 10.3. The Labute approximate surface area is 102 Å². The summed E-state index contributed by atoms with van der Waals surface area (Å²) in [4.78, 5) is 0. The Morgan fingerprint density at radius 3 is 2.65 bits per heavy atom. The maximum Gasteiger partial charge on any atom is 0.0434 e. The summed E-state index contributed by atoms with van der Waals surface area (Å²) >= 11 is 0. The number of anilines is 3. The van der Waals surface area contributed by atoms with Gasteiger partial charge in [-0.3, -0.25) is 0 Å². The first-order valence-electron chi connectivity index (χ1n) is 5.91. The fourth-order valence-electron chi connectivity index (χ4n) is 1.81. The average molecular weight is 226 g/mol. The first-order valence-corrected chi connectivity index (χ1v) is 5.91. The number of hydrogen-bond donors (Lipinski definition) is 2. The van der Waals surface area contributed by atoms with E-state index in [0.29, 0.717) is 0 Å². The van der Waals surface area contributed by atoms with Gasteiger partial charge in [0.05, 0.1) is 0 Å². The van der Waals surface area contributed by atoms with E-state index >= 15 is 0 Å². The molecule has 2 aromatic rings. The number of nitrogens with two attached hydrogens (primary N) is 1. The molecule has 0 aliphatic rings. The van der Waals surface area contributed by atoms with Gasteiger partial charge in [0, 0.05) is 17.1 Å². The summed E-state index contributed by atoms with van der Waals surface area (Å²) < 4.78 is 0. The van der Waals surface area contributed by atoms with E-state index in [9.17, 15) is 0 Å². The molecule has 0 saturated heterocycles. The molecule has 2 heteroatoms. The van der Waals surface area contributed by atoms with Crippen LogP contribution in [0.5, 0.6) is 0 Å². The molecule has 0 unspecified atom stereocenters. The quantitative estimate of drug-likeness (QED) is 0.779. The maximum atomic E-state index is 5.89. The fraction of sp³-hybridized carbons (Fsp3) is 0.200. The zero-order chi connectivity index (χ0) is 12.3. The van der Waals surface area contributed by atoms with Gasteiger partial charge in [0.25, 0.3) is 0 Å². The molecule has 2 nitrogen and oxygen atoms in total. The number of nitrogen functional groups attached to an aromatic ring is 1. The first kappa shape index (κ1) is 11.5. The molecule has 0 amide bonds. The van der Waals surface area contributed by atoms with Crippen molar-refractivity contribution in [2.45, 2.75) is 20.3 Å². The molecule has 0 spiro atoms. The Bertz CT molecular complexity index is 518. The Morgan fingerprint density at radius 2 is 1.88 bits per heavy atom. The van der Waals surface area contributed by atoms with Crippen LogP contribution in [0, 0.1) is 6.92 Å². The number of benzene rings is 2. The molecule has 0 bridgehead atoms. The minimum absolute atomic E-state index is 0.821. The van der Waals surface area contributed by atoms with E-state index in [1.807, 2.05) is 25.1 Å². The smallest absolute Gasteiger partial charge is 0.0434 e. The van der Waals surface area contributed by atoms with E-state index in [1.165, 1.54) is 5.56 Å². The molecule has 3 N–H and O–H groups in total. The summed E-state index contributed by atoms with van der Waals surface area (Å²) in [7, 11) is 0. The standard InChI is InChI=1S/C15H18N2/c1-3-12-6-4-7-13(10-12)17-15-9-5-8-14(16)11(15)2/h4-10,17H,3,16H2,1-2H3. The zero-order valence-electron chi connectivity index (χ0n) is 10.3. The lowest BCUT2D eigenvalue weighted by atomic mass is 10.1. The Hall–Kier alpha value is -1.96. The van der Waals surface area contributed by atoms with Crippen molar-refractivity contribution in [2.75, 3.05) is 11.1 Å². The van der Waals surface area contributed by atoms with E-state index in [1.54, 1.807) is 0 Å². The average Bonchev–Trinajstić information content (AvgIpc) is 2.35. The van der Waals surface area contributed by atoms with Crippen LogP contribution in [-0.2, 0) is 6.42 Å². The second kappa shape index (κ2) is 4.91. The van der Waals surface area contributed by atoms with Gasteiger partial charge in [-0.2, -0.15) is 0 Å². The Morgan fingerprint density at radius 1 is 1.12 bits per heavy atom. The monoisotopic (exact) mass is 226 g/mol. The van der Waals surface area contributed by atoms with Crippen molar-refractivity contribution in [1.29, 1.82) is 0 Å². The molecule has 0 radical (unpaired) electrons. The summed E-state index contributed by atoms with van der Waals surface area (Å²) in [6.45, 7) is 4.19. The van der Waals surface area contributed by atoms with Gasteiger partial charge in [0.2, 0.25) is 0 Å². The van der Waals surface area contributed by atoms with Crippen molar-refractivity contribution < 1.29 is 0 Å². The summed E-state index contributed by atoms with van der Waals surface area (Å²) in [5.41, 5.74) is 11.3. The third-order valence-corrected chi connectivity index (χ3v) is 2.99. The molecule has 17 heavy (non-hydrogen) atoms. The van der Waals surface area contributed by atoms with Crippen molar-refractivity contribution >= 4 is 17.1 Å². The third-order valence-electron chi connectivity index (χ3n) is 2.99. The lowest BCUT2D eigenvalue weighted by molar-refractivity contribution is 1.14. The van der Waals surface area contributed by atoms with Crippen LogP contribution in [-0.4, -0.2) is 0 Å². The van der Waals surface area contributed by atoms with Crippen LogP contribution < -0.4 is 11.1 Å². The first-order chi connectivity index (χ1) is 8.20. The summed E-state index contributed by atoms with van der Waals surface area (Å²) in [6, 6.07) is 14.4. The van der Waals surface area contributed by atoms with Crippen molar-refractivity contribution in [3.05, 3.63) is 53.6 Å². The van der Waals surface area contributed by atoms with Crippen LogP contribution >= 0.6 is 0 Å². The van der Waals surface area contributed by atoms with Crippen molar-refractivity contribution in [3.8, 4) is 0 Å². The molecule has 2 rings (SSSR count). The van der Waals surface area contributed by atoms with Gasteiger partial charge in [-0.05, 0) is 48.7 Å². The number of hydrogen-bond acceptors (Lipinski definition) is 2. The van der Waals surface area contributed by atoms with Crippen LogP contribution in [0.1, 0.15) is 18.1 Å². The maximum absolute atomic E-state index is 5.89. The molecule has 2 aromatic carbocycles. The Kier molecular flexibility index (Phi) is 3.33. The molecule has 0 aliphatic heterocycles. The number of nitrogens with one attached hydrogen (secondary N) is 1. The highest BCUT2D eigenvalue weighted by Crippen LogP contribution is 2.24. The van der Waals surface area contributed by atoms with Crippen LogP contribution in [0.2, 0.25) is 0 Å². The molecular weight excluding hydrogens is 208 g/mol. The van der Waals surface area contributed by atoms with Crippen molar-refractivity contribution in [3.63, 3.8) is 0 Å². The van der Waals surface area contributed by atoms with Crippen molar-refractivity contribution in [2.24, 2.45) is 0 Å². The summed E-state index contributed by atoms with van der Waals surface area (Å²) in [5.74, 6) is 0. The van der Waals surface area contributed by atoms with Gasteiger partial charge in [-0.25, -0.2) is 0 Å². The van der Waals surface area contributed by atoms with Gasteiger partial charge < -0.3 is 11.1 Å². The van der Waals surface area contributed by atoms with Crippen LogP contribution in [0.3, 0.4) is 0 Å². The minimum Gasteiger partial charge on any atom is -0.398 e. The predicted octanol–water partition coefficient (Wildman–Crippen LogP) is 3.88. The summed E-state index contributed by atoms with van der Waals surface area (Å²) in [6.07, 6.45) is 1.05. The molecule has 0 atom stereocenters. The van der Waals surface area contributed by atoms with E-state index in [2.05, 4.69) is 36.5 Å². The second-order valence-corrected chi connectivity index (χ2v) is 4.20.